The van der Waals surface area contributed by atoms with E-state index in [0.29, 0.717) is 0 Å². The fourth-order valence-electron chi connectivity index (χ4n) is 2.11. The Balaban J connectivity index is 2.23. The van der Waals surface area contributed by atoms with E-state index in [1.54, 1.807) is 7.11 Å². The average Bonchev–Trinajstić information content (AvgIpc) is 2.48. The molecule has 2 aromatic carbocycles. The zero-order valence-electron chi connectivity index (χ0n) is 12.5. The van der Waals surface area contributed by atoms with Crippen molar-refractivity contribution in [3.8, 4) is 11.5 Å². The van der Waals surface area contributed by atoms with Gasteiger partial charge in [0.15, 0.2) is 0 Å². The molecule has 0 heterocycles. The molecule has 0 fully saturated rings. The van der Waals surface area contributed by atoms with Crippen molar-refractivity contribution < 1.29 is 9.47 Å². The molecule has 3 nitrogen and oxygen atoms in total. The number of rotatable bonds is 5. The number of methoxy groups -OCH3 is 1. The topological polar surface area (TPSA) is 44.5 Å². The van der Waals surface area contributed by atoms with Gasteiger partial charge in [-0.25, -0.2) is 0 Å². The van der Waals surface area contributed by atoms with E-state index in [2.05, 4.69) is 15.9 Å². The predicted molar refractivity (Wildman–Crippen MR) is 88.9 cm³/mol. The first-order valence-electron chi connectivity index (χ1n) is 6.83. The van der Waals surface area contributed by atoms with Gasteiger partial charge in [-0.3, -0.25) is 0 Å². The maximum Gasteiger partial charge on any atom is 0.138 e. The molecule has 0 spiro atoms. The van der Waals surface area contributed by atoms with Gasteiger partial charge < -0.3 is 15.2 Å². The van der Waals surface area contributed by atoms with E-state index < -0.39 is 0 Å². The normalized spacial score (nSPS) is 13.6. The summed E-state index contributed by atoms with van der Waals surface area (Å²) in [4.78, 5) is 0. The summed E-state index contributed by atoms with van der Waals surface area (Å²) in [5.74, 6) is 1.63. The van der Waals surface area contributed by atoms with Crippen molar-refractivity contribution in [2.75, 3.05) is 7.11 Å². The molecular weight excluding hydrogens is 330 g/mol. The largest absolute Gasteiger partial charge is 0.497 e. The van der Waals surface area contributed by atoms with E-state index >= 15 is 0 Å². The van der Waals surface area contributed by atoms with Crippen molar-refractivity contribution in [2.24, 2.45) is 5.73 Å². The van der Waals surface area contributed by atoms with Gasteiger partial charge in [0.05, 0.1) is 7.11 Å². The van der Waals surface area contributed by atoms with Crippen molar-refractivity contribution in [1.29, 1.82) is 0 Å². The molecular formula is C17H20BrNO2. The van der Waals surface area contributed by atoms with Gasteiger partial charge in [-0.2, -0.15) is 0 Å². The van der Waals surface area contributed by atoms with Crippen LogP contribution in [-0.4, -0.2) is 13.2 Å². The molecule has 4 heteroatoms. The minimum Gasteiger partial charge on any atom is -0.497 e. The van der Waals surface area contributed by atoms with Crippen LogP contribution in [0.5, 0.6) is 11.5 Å². The molecule has 2 aromatic rings. The number of hydrogen-bond donors (Lipinski definition) is 1. The third kappa shape index (κ3) is 3.99. The molecule has 0 saturated heterocycles. The highest BCUT2D eigenvalue weighted by Crippen LogP contribution is 2.28. The Labute approximate surface area is 134 Å². The zero-order valence-corrected chi connectivity index (χ0v) is 14.1. The lowest BCUT2D eigenvalue weighted by molar-refractivity contribution is 0.180. The van der Waals surface area contributed by atoms with Crippen molar-refractivity contribution in [3.05, 3.63) is 58.1 Å². The average molecular weight is 350 g/mol. The maximum atomic E-state index is 6.09. The fraction of sp³-hybridized carbons (Fsp3) is 0.294. The zero-order chi connectivity index (χ0) is 15.4. The Morgan fingerprint density at radius 1 is 1.05 bits per heavy atom. The quantitative estimate of drug-likeness (QED) is 0.878. The van der Waals surface area contributed by atoms with Crippen molar-refractivity contribution in [3.63, 3.8) is 0 Å². The number of nitrogens with two attached hydrogens (primary N) is 1. The molecule has 21 heavy (non-hydrogen) atoms. The van der Waals surface area contributed by atoms with Crippen LogP contribution >= 0.6 is 15.9 Å². The summed E-state index contributed by atoms with van der Waals surface area (Å²) in [7, 11) is 1.65. The van der Waals surface area contributed by atoms with Crippen LogP contribution in [0.1, 0.15) is 24.2 Å². The van der Waals surface area contributed by atoms with Crippen LogP contribution in [0.2, 0.25) is 0 Å². The predicted octanol–water partition coefficient (Wildman–Crippen LogP) is 4.23. The molecule has 0 saturated carbocycles. The van der Waals surface area contributed by atoms with E-state index in [-0.39, 0.29) is 12.1 Å². The minimum absolute atomic E-state index is 0.123. The number of benzene rings is 2. The smallest absolute Gasteiger partial charge is 0.138 e. The standard InChI is InChI=1S/C17H20BrNO2/c1-11-10-15(8-9-16(11)18)21-17(12(2)19)13-4-6-14(20-3)7-5-13/h4-10,12,17H,19H2,1-3H3. The van der Waals surface area contributed by atoms with Crippen LogP contribution in [0, 0.1) is 6.92 Å². The number of halogens is 1. The highest BCUT2D eigenvalue weighted by molar-refractivity contribution is 9.10. The van der Waals surface area contributed by atoms with Gasteiger partial charge in [0, 0.05) is 10.5 Å². The summed E-state index contributed by atoms with van der Waals surface area (Å²) in [5, 5.41) is 0. The van der Waals surface area contributed by atoms with Crippen LogP contribution in [-0.2, 0) is 0 Å². The molecule has 0 amide bonds. The summed E-state index contributed by atoms with van der Waals surface area (Å²) >= 11 is 3.49. The lowest BCUT2D eigenvalue weighted by Gasteiger charge is -2.23. The number of hydrogen-bond acceptors (Lipinski definition) is 3. The second-order valence-electron chi connectivity index (χ2n) is 5.08. The molecule has 2 N–H and O–H groups in total. The minimum atomic E-state index is -0.198. The van der Waals surface area contributed by atoms with Crippen molar-refractivity contribution >= 4 is 15.9 Å². The molecule has 2 unspecified atom stereocenters. The van der Waals surface area contributed by atoms with Crippen molar-refractivity contribution in [1.82, 2.24) is 0 Å². The maximum absolute atomic E-state index is 6.09. The summed E-state index contributed by atoms with van der Waals surface area (Å²) in [6.07, 6.45) is -0.198. The van der Waals surface area contributed by atoms with Gasteiger partial charge >= 0.3 is 0 Å². The molecule has 0 aliphatic rings. The van der Waals surface area contributed by atoms with Crippen LogP contribution < -0.4 is 15.2 Å². The monoisotopic (exact) mass is 349 g/mol. The van der Waals surface area contributed by atoms with Crippen LogP contribution in [0.25, 0.3) is 0 Å². The van der Waals surface area contributed by atoms with E-state index in [9.17, 15) is 0 Å². The Morgan fingerprint density at radius 2 is 1.67 bits per heavy atom. The first-order chi connectivity index (χ1) is 10.0. The summed E-state index contributed by atoms with van der Waals surface area (Å²) in [5.41, 5.74) is 8.25. The third-order valence-corrected chi connectivity index (χ3v) is 4.20. The molecule has 112 valence electrons. The molecule has 0 radical (unpaired) electrons. The van der Waals surface area contributed by atoms with E-state index in [1.807, 2.05) is 56.3 Å². The lowest BCUT2D eigenvalue weighted by atomic mass is 10.0. The molecule has 2 rings (SSSR count). The Bertz CT molecular complexity index is 596. The first-order valence-corrected chi connectivity index (χ1v) is 7.63. The van der Waals surface area contributed by atoms with E-state index in [0.717, 1.165) is 27.1 Å². The molecule has 0 bridgehead atoms. The summed E-state index contributed by atoms with van der Waals surface area (Å²) < 4.78 is 12.3. The van der Waals surface area contributed by atoms with E-state index in [4.69, 9.17) is 15.2 Å². The molecule has 0 aliphatic heterocycles. The number of aryl methyl sites for hydroxylation is 1. The van der Waals surface area contributed by atoms with Gasteiger partial charge in [-0.1, -0.05) is 28.1 Å². The molecule has 0 aliphatic carbocycles. The van der Waals surface area contributed by atoms with Gasteiger partial charge in [0.25, 0.3) is 0 Å². The molecule has 0 aromatic heterocycles. The Morgan fingerprint density at radius 3 is 2.19 bits per heavy atom. The second-order valence-corrected chi connectivity index (χ2v) is 5.94. The Hall–Kier alpha value is -1.52. The van der Waals surface area contributed by atoms with Crippen LogP contribution in [0.15, 0.2) is 46.9 Å². The third-order valence-electron chi connectivity index (χ3n) is 3.31. The first kappa shape index (κ1) is 15.9. The van der Waals surface area contributed by atoms with Crippen molar-refractivity contribution in [2.45, 2.75) is 26.0 Å². The summed E-state index contributed by atoms with van der Waals surface area (Å²) in [6.45, 7) is 3.98. The highest BCUT2D eigenvalue weighted by Gasteiger charge is 2.18. The van der Waals surface area contributed by atoms with Gasteiger partial charge in [0.2, 0.25) is 0 Å². The second kappa shape index (κ2) is 6.96. The van der Waals surface area contributed by atoms with Gasteiger partial charge in [-0.15, -0.1) is 0 Å². The highest BCUT2D eigenvalue weighted by atomic mass is 79.9. The van der Waals surface area contributed by atoms with Gasteiger partial charge in [-0.05, 0) is 55.3 Å². The van der Waals surface area contributed by atoms with Gasteiger partial charge in [0.1, 0.15) is 17.6 Å². The van der Waals surface area contributed by atoms with E-state index in [1.165, 1.54) is 0 Å². The lowest BCUT2D eigenvalue weighted by Crippen LogP contribution is -2.29. The fourth-order valence-corrected chi connectivity index (χ4v) is 2.36. The summed E-state index contributed by atoms with van der Waals surface area (Å²) in [6, 6.07) is 13.6. The SMILES string of the molecule is COc1ccc(C(Oc2ccc(Br)c(C)c2)C(C)N)cc1. The van der Waals surface area contributed by atoms with Crippen LogP contribution in [0.4, 0.5) is 0 Å². The number of ether oxygens (including phenoxy) is 2. The molecule has 2 atom stereocenters. The van der Waals surface area contributed by atoms with Crippen LogP contribution in [0.3, 0.4) is 0 Å². The Kier molecular flexibility index (Phi) is 5.26.